The molecule has 20 heavy (non-hydrogen) atoms. The van der Waals surface area contributed by atoms with Gasteiger partial charge in [-0.05, 0) is 38.5 Å². The Labute approximate surface area is 125 Å². The van der Waals surface area contributed by atoms with Crippen molar-refractivity contribution in [3.8, 4) is 0 Å². The quantitative estimate of drug-likeness (QED) is 0.530. The summed E-state index contributed by atoms with van der Waals surface area (Å²) in [7, 11) is 0. The van der Waals surface area contributed by atoms with Gasteiger partial charge in [0.15, 0.2) is 0 Å². The van der Waals surface area contributed by atoms with Gasteiger partial charge in [0.25, 0.3) is 5.95 Å². The van der Waals surface area contributed by atoms with E-state index < -0.39 is 0 Å². The summed E-state index contributed by atoms with van der Waals surface area (Å²) in [6, 6.07) is 9.97. The van der Waals surface area contributed by atoms with Crippen LogP contribution < -0.4 is 5.01 Å². The zero-order valence-corrected chi connectivity index (χ0v) is 12.8. The molecule has 0 saturated heterocycles. The summed E-state index contributed by atoms with van der Waals surface area (Å²) in [4.78, 5) is 9.00. The molecule has 0 fully saturated rings. The summed E-state index contributed by atoms with van der Waals surface area (Å²) >= 11 is 4.29. The number of thiol groups is 1. The fraction of sp³-hybridized carbons (Fsp3) is 0.267. The molecule has 104 valence electrons. The molecule has 0 unspecified atom stereocenters. The van der Waals surface area contributed by atoms with E-state index in [4.69, 9.17) is 0 Å². The normalized spacial score (nSPS) is 11.0. The Morgan fingerprint density at radius 3 is 2.65 bits per heavy atom. The van der Waals surface area contributed by atoms with E-state index in [1.54, 1.807) is 11.2 Å². The lowest BCUT2D eigenvalue weighted by molar-refractivity contribution is 0.938. The van der Waals surface area contributed by atoms with Crippen molar-refractivity contribution in [1.82, 2.24) is 9.97 Å². The molecule has 5 heteroatoms. The molecule has 0 amide bonds. The van der Waals surface area contributed by atoms with Crippen LogP contribution >= 0.6 is 12.6 Å². The van der Waals surface area contributed by atoms with Crippen molar-refractivity contribution in [2.24, 2.45) is 5.10 Å². The summed E-state index contributed by atoms with van der Waals surface area (Å²) < 4.78 is 0. The van der Waals surface area contributed by atoms with Gasteiger partial charge in [-0.2, -0.15) is 22.7 Å². The van der Waals surface area contributed by atoms with Gasteiger partial charge in [0.05, 0.1) is 11.4 Å². The summed E-state index contributed by atoms with van der Waals surface area (Å²) in [5, 5.41) is 6.16. The van der Waals surface area contributed by atoms with E-state index in [0.29, 0.717) is 11.7 Å². The van der Waals surface area contributed by atoms with Crippen LogP contribution in [0.2, 0.25) is 0 Å². The Kier molecular flexibility index (Phi) is 4.74. The van der Waals surface area contributed by atoms with Gasteiger partial charge in [0, 0.05) is 17.7 Å². The van der Waals surface area contributed by atoms with Crippen molar-refractivity contribution in [3.63, 3.8) is 0 Å². The van der Waals surface area contributed by atoms with Crippen LogP contribution in [0.4, 0.5) is 11.6 Å². The molecule has 2 aromatic rings. The third-order valence-corrected chi connectivity index (χ3v) is 3.15. The maximum absolute atomic E-state index is 4.51. The molecular formula is C15H18N4S. The first kappa shape index (κ1) is 14.5. The lowest BCUT2D eigenvalue weighted by Gasteiger charge is -2.19. The maximum atomic E-state index is 4.51. The van der Waals surface area contributed by atoms with Crippen LogP contribution in [0.25, 0.3) is 0 Å². The molecule has 0 spiro atoms. The Hall–Kier alpha value is -1.88. The molecule has 0 N–H and O–H groups in total. The maximum Gasteiger partial charge on any atom is 0.251 e. The van der Waals surface area contributed by atoms with E-state index in [9.17, 15) is 0 Å². The molecule has 0 atom stereocenters. The average Bonchev–Trinajstić information content (AvgIpc) is 2.45. The van der Waals surface area contributed by atoms with Crippen LogP contribution in [0, 0.1) is 13.8 Å². The SMILES string of the molecule is CC=NN(c1nc(C)cc(CS)n1)c1ccccc1C. The van der Waals surface area contributed by atoms with Crippen molar-refractivity contribution in [2.75, 3.05) is 5.01 Å². The molecule has 0 aliphatic rings. The molecule has 0 aliphatic heterocycles. The van der Waals surface area contributed by atoms with Crippen molar-refractivity contribution in [2.45, 2.75) is 26.5 Å². The minimum Gasteiger partial charge on any atom is -0.216 e. The van der Waals surface area contributed by atoms with Gasteiger partial charge < -0.3 is 0 Å². The van der Waals surface area contributed by atoms with Gasteiger partial charge in [0.1, 0.15) is 0 Å². The number of hydrazone groups is 1. The molecule has 0 bridgehead atoms. The van der Waals surface area contributed by atoms with Gasteiger partial charge in [-0.15, -0.1) is 0 Å². The zero-order valence-electron chi connectivity index (χ0n) is 11.9. The lowest BCUT2D eigenvalue weighted by atomic mass is 10.2. The van der Waals surface area contributed by atoms with Gasteiger partial charge in [-0.1, -0.05) is 18.2 Å². The Bertz CT molecular complexity index is 625. The first-order chi connectivity index (χ1) is 9.65. The molecular weight excluding hydrogens is 268 g/mol. The van der Waals surface area contributed by atoms with Crippen molar-refractivity contribution in [3.05, 3.63) is 47.3 Å². The zero-order chi connectivity index (χ0) is 14.5. The first-order valence-electron chi connectivity index (χ1n) is 6.45. The van der Waals surface area contributed by atoms with Crippen LogP contribution in [0.1, 0.15) is 23.9 Å². The van der Waals surface area contributed by atoms with Crippen LogP contribution in [0.5, 0.6) is 0 Å². The second-order valence-corrected chi connectivity index (χ2v) is 4.75. The molecule has 1 heterocycles. The summed E-state index contributed by atoms with van der Waals surface area (Å²) in [5.74, 6) is 1.15. The number of para-hydroxylation sites is 1. The van der Waals surface area contributed by atoms with Crippen molar-refractivity contribution >= 4 is 30.5 Å². The Morgan fingerprint density at radius 2 is 2.00 bits per heavy atom. The number of anilines is 2. The van der Waals surface area contributed by atoms with E-state index in [-0.39, 0.29) is 0 Å². The number of hydrogen-bond acceptors (Lipinski definition) is 5. The highest BCUT2D eigenvalue weighted by Crippen LogP contribution is 2.26. The van der Waals surface area contributed by atoms with E-state index in [2.05, 4.69) is 27.7 Å². The number of aryl methyl sites for hydroxylation is 2. The van der Waals surface area contributed by atoms with Crippen LogP contribution in [0.15, 0.2) is 35.4 Å². The third kappa shape index (κ3) is 3.17. The third-order valence-electron chi connectivity index (χ3n) is 2.82. The van der Waals surface area contributed by atoms with Gasteiger partial charge >= 0.3 is 0 Å². The Morgan fingerprint density at radius 1 is 1.25 bits per heavy atom. The molecule has 4 nitrogen and oxygen atoms in total. The molecule has 0 saturated carbocycles. The van der Waals surface area contributed by atoms with Crippen LogP contribution in [-0.4, -0.2) is 16.2 Å². The predicted molar refractivity (Wildman–Crippen MR) is 86.9 cm³/mol. The Balaban J connectivity index is 2.54. The van der Waals surface area contributed by atoms with Gasteiger partial charge in [0.2, 0.25) is 0 Å². The fourth-order valence-corrected chi connectivity index (χ4v) is 2.09. The second-order valence-electron chi connectivity index (χ2n) is 4.43. The number of nitrogens with zero attached hydrogens (tertiary/aromatic N) is 4. The highest BCUT2D eigenvalue weighted by atomic mass is 32.1. The van der Waals surface area contributed by atoms with Crippen LogP contribution in [0.3, 0.4) is 0 Å². The van der Waals surface area contributed by atoms with Gasteiger partial charge in [-0.25, -0.2) is 9.97 Å². The molecule has 1 aromatic carbocycles. The summed E-state index contributed by atoms with van der Waals surface area (Å²) in [6.07, 6.45) is 1.73. The first-order valence-corrected chi connectivity index (χ1v) is 7.08. The van der Waals surface area contributed by atoms with Crippen LogP contribution in [-0.2, 0) is 5.75 Å². The smallest absolute Gasteiger partial charge is 0.216 e. The minimum absolute atomic E-state index is 0.571. The minimum atomic E-state index is 0.571. The van der Waals surface area contributed by atoms with E-state index >= 15 is 0 Å². The van der Waals surface area contributed by atoms with E-state index in [1.165, 1.54) is 0 Å². The molecule has 0 aliphatic carbocycles. The predicted octanol–water partition coefficient (Wildman–Crippen LogP) is 3.67. The van der Waals surface area contributed by atoms with Crippen molar-refractivity contribution < 1.29 is 0 Å². The topological polar surface area (TPSA) is 41.4 Å². The molecule has 1 aromatic heterocycles. The second kappa shape index (κ2) is 6.52. The number of benzene rings is 1. The highest BCUT2D eigenvalue weighted by molar-refractivity contribution is 7.79. The lowest BCUT2D eigenvalue weighted by Crippen LogP contribution is -2.15. The summed E-state index contributed by atoms with van der Waals surface area (Å²) in [6.45, 7) is 5.87. The van der Waals surface area contributed by atoms with E-state index in [1.807, 2.05) is 51.1 Å². The average molecular weight is 286 g/mol. The standard InChI is InChI=1S/C15H18N4S/c1-4-16-19(14-8-6-5-7-11(14)2)15-17-12(3)9-13(10-20)18-15/h4-9,20H,10H2,1-3H3. The molecule has 2 rings (SSSR count). The fourth-order valence-electron chi connectivity index (χ4n) is 1.93. The van der Waals surface area contributed by atoms with Crippen molar-refractivity contribution in [1.29, 1.82) is 0 Å². The monoisotopic (exact) mass is 286 g/mol. The number of rotatable bonds is 4. The molecule has 0 radical (unpaired) electrons. The van der Waals surface area contributed by atoms with Gasteiger partial charge in [-0.3, -0.25) is 0 Å². The highest BCUT2D eigenvalue weighted by Gasteiger charge is 2.14. The van der Waals surface area contributed by atoms with E-state index in [0.717, 1.165) is 22.6 Å². The number of hydrogen-bond donors (Lipinski definition) is 1. The largest absolute Gasteiger partial charge is 0.251 e. The summed E-state index contributed by atoms with van der Waals surface area (Å²) in [5.41, 5.74) is 3.89. The number of aromatic nitrogens is 2.